The van der Waals surface area contributed by atoms with Crippen LogP contribution < -0.4 is 0 Å². The number of rotatable bonds is 6. The zero-order valence-electron chi connectivity index (χ0n) is 11.1. The van der Waals surface area contributed by atoms with E-state index in [1.807, 2.05) is 11.6 Å². The van der Waals surface area contributed by atoms with E-state index in [1.54, 1.807) is 0 Å². The van der Waals surface area contributed by atoms with Gasteiger partial charge < -0.3 is 0 Å². The molecule has 4 heteroatoms. The molecule has 0 aromatic carbocycles. The summed E-state index contributed by atoms with van der Waals surface area (Å²) in [5.74, 6) is 1.83. The molecule has 1 rings (SSSR count). The van der Waals surface area contributed by atoms with Crippen LogP contribution in [0.3, 0.4) is 0 Å². The van der Waals surface area contributed by atoms with Crippen LogP contribution in [0.2, 0.25) is 5.02 Å². The van der Waals surface area contributed by atoms with Crippen LogP contribution in [0.15, 0.2) is 0 Å². The molecular formula is C13H22Cl2N2. The maximum Gasteiger partial charge on any atom is 0.0847 e. The Morgan fingerprint density at radius 3 is 2.47 bits per heavy atom. The van der Waals surface area contributed by atoms with Crippen molar-refractivity contribution >= 4 is 23.2 Å². The summed E-state index contributed by atoms with van der Waals surface area (Å²) in [7, 11) is 0. The van der Waals surface area contributed by atoms with Gasteiger partial charge in [0.25, 0.3) is 0 Å². The van der Waals surface area contributed by atoms with Gasteiger partial charge in [-0.15, -0.1) is 11.6 Å². The zero-order chi connectivity index (χ0) is 13.0. The average Bonchev–Trinajstić information content (AvgIpc) is 2.55. The van der Waals surface area contributed by atoms with E-state index in [4.69, 9.17) is 23.2 Å². The van der Waals surface area contributed by atoms with Gasteiger partial charge in [0.1, 0.15) is 0 Å². The van der Waals surface area contributed by atoms with E-state index in [9.17, 15) is 0 Å². The molecule has 2 nitrogen and oxygen atoms in total. The van der Waals surface area contributed by atoms with Crippen LogP contribution in [-0.4, -0.2) is 15.7 Å². The number of aromatic nitrogens is 2. The monoisotopic (exact) mass is 276 g/mol. The van der Waals surface area contributed by atoms with Crippen molar-refractivity contribution in [2.24, 2.45) is 11.8 Å². The molecule has 98 valence electrons. The van der Waals surface area contributed by atoms with Gasteiger partial charge in [-0.2, -0.15) is 5.10 Å². The molecule has 1 unspecified atom stereocenters. The van der Waals surface area contributed by atoms with Crippen molar-refractivity contribution in [1.29, 1.82) is 0 Å². The Kier molecular flexibility index (Phi) is 5.81. The van der Waals surface area contributed by atoms with Crippen LogP contribution >= 0.6 is 23.2 Å². The van der Waals surface area contributed by atoms with Crippen LogP contribution in [0, 0.1) is 18.8 Å². The Bertz CT molecular complexity index is 359. The molecule has 0 aliphatic rings. The quantitative estimate of drug-likeness (QED) is 0.708. The third-order valence-electron chi connectivity index (χ3n) is 2.96. The lowest BCUT2D eigenvalue weighted by molar-refractivity contribution is 0.428. The molecule has 0 fully saturated rings. The summed E-state index contributed by atoms with van der Waals surface area (Å²) in [5, 5.41) is 5.25. The minimum Gasteiger partial charge on any atom is -0.268 e. The normalized spacial score (nSPS) is 13.4. The van der Waals surface area contributed by atoms with Crippen molar-refractivity contribution in [3.05, 3.63) is 16.4 Å². The van der Waals surface area contributed by atoms with Gasteiger partial charge in [-0.25, -0.2) is 0 Å². The molecule has 1 aromatic heterocycles. The summed E-state index contributed by atoms with van der Waals surface area (Å²) in [6.45, 7) is 9.35. The molecule has 0 aliphatic heterocycles. The predicted molar refractivity (Wildman–Crippen MR) is 75.0 cm³/mol. The van der Waals surface area contributed by atoms with E-state index in [-0.39, 0.29) is 0 Å². The third kappa shape index (κ3) is 3.89. The maximum absolute atomic E-state index is 6.30. The fourth-order valence-electron chi connectivity index (χ4n) is 2.20. The Morgan fingerprint density at radius 2 is 2.00 bits per heavy atom. The maximum atomic E-state index is 6.30. The second-order valence-corrected chi connectivity index (χ2v) is 5.70. The number of aryl methyl sites for hydroxylation is 2. The molecular weight excluding hydrogens is 255 g/mol. The molecule has 17 heavy (non-hydrogen) atoms. The predicted octanol–water partition coefficient (Wildman–Crippen LogP) is 4.31. The van der Waals surface area contributed by atoms with E-state index in [0.29, 0.717) is 17.7 Å². The Balaban J connectivity index is 2.84. The van der Waals surface area contributed by atoms with Gasteiger partial charge in [-0.1, -0.05) is 25.4 Å². The third-order valence-corrected chi connectivity index (χ3v) is 3.89. The zero-order valence-corrected chi connectivity index (χ0v) is 12.6. The van der Waals surface area contributed by atoms with Gasteiger partial charge >= 0.3 is 0 Å². The average molecular weight is 277 g/mol. The highest BCUT2D eigenvalue weighted by Crippen LogP contribution is 2.26. The van der Waals surface area contributed by atoms with Gasteiger partial charge in [-0.05, 0) is 38.5 Å². The van der Waals surface area contributed by atoms with E-state index >= 15 is 0 Å². The van der Waals surface area contributed by atoms with Gasteiger partial charge in [0.05, 0.1) is 16.4 Å². The minimum atomic E-state index is 0.482. The van der Waals surface area contributed by atoms with Crippen LogP contribution in [0.5, 0.6) is 0 Å². The molecule has 0 radical (unpaired) electrons. The lowest BCUT2D eigenvalue weighted by atomic mass is 9.94. The fraction of sp³-hybridized carbons (Fsp3) is 0.769. The van der Waals surface area contributed by atoms with Crippen molar-refractivity contribution in [2.45, 2.75) is 47.1 Å². The topological polar surface area (TPSA) is 17.8 Å². The summed E-state index contributed by atoms with van der Waals surface area (Å²) >= 11 is 12.3. The van der Waals surface area contributed by atoms with Crippen molar-refractivity contribution in [1.82, 2.24) is 9.78 Å². The molecule has 0 N–H and O–H groups in total. The summed E-state index contributed by atoms with van der Waals surface area (Å²) in [5.41, 5.74) is 2.05. The van der Waals surface area contributed by atoms with E-state index < -0.39 is 0 Å². The van der Waals surface area contributed by atoms with Crippen molar-refractivity contribution in [3.63, 3.8) is 0 Å². The lowest BCUT2D eigenvalue weighted by Crippen LogP contribution is -2.13. The highest BCUT2D eigenvalue weighted by Gasteiger charge is 2.18. The van der Waals surface area contributed by atoms with Crippen LogP contribution in [0.4, 0.5) is 0 Å². The number of halogens is 2. The Hall–Kier alpha value is -0.210. The summed E-state index contributed by atoms with van der Waals surface area (Å²) in [4.78, 5) is 0. The van der Waals surface area contributed by atoms with E-state index in [2.05, 4.69) is 25.9 Å². The first-order valence-corrected chi connectivity index (χ1v) is 7.18. The van der Waals surface area contributed by atoms with Crippen LogP contribution in [-0.2, 0) is 13.0 Å². The summed E-state index contributed by atoms with van der Waals surface area (Å²) < 4.78 is 2.00. The van der Waals surface area contributed by atoms with Crippen molar-refractivity contribution in [3.8, 4) is 0 Å². The van der Waals surface area contributed by atoms with Gasteiger partial charge in [0.15, 0.2) is 0 Å². The highest BCUT2D eigenvalue weighted by molar-refractivity contribution is 6.31. The smallest absolute Gasteiger partial charge is 0.0847 e. The molecule has 0 bridgehead atoms. The second-order valence-electron chi connectivity index (χ2n) is 5.02. The molecule has 1 aromatic rings. The first kappa shape index (κ1) is 14.8. The molecule has 0 amide bonds. The molecule has 0 aliphatic carbocycles. The Morgan fingerprint density at radius 1 is 1.35 bits per heavy atom. The molecule has 0 saturated carbocycles. The number of nitrogens with zero attached hydrogens (tertiary/aromatic N) is 2. The fourth-order valence-corrected chi connectivity index (χ4v) is 2.65. The standard InChI is InChI=1S/C13H22Cl2N2/c1-5-17-12(13(15)10(4)16-17)7-11(8-14)6-9(2)3/h9,11H,5-8H2,1-4H3. The lowest BCUT2D eigenvalue weighted by Gasteiger charge is -2.17. The number of hydrogen-bond acceptors (Lipinski definition) is 1. The Labute approximate surface area is 114 Å². The summed E-state index contributed by atoms with van der Waals surface area (Å²) in [6, 6.07) is 0. The first-order valence-electron chi connectivity index (χ1n) is 6.27. The molecule has 1 heterocycles. The van der Waals surface area contributed by atoms with Crippen molar-refractivity contribution < 1.29 is 0 Å². The number of alkyl halides is 1. The van der Waals surface area contributed by atoms with E-state index in [1.165, 1.54) is 0 Å². The summed E-state index contributed by atoms with van der Waals surface area (Å²) in [6.07, 6.45) is 2.06. The van der Waals surface area contributed by atoms with Crippen molar-refractivity contribution in [2.75, 3.05) is 5.88 Å². The SMILES string of the molecule is CCn1nc(C)c(Cl)c1CC(CCl)CC(C)C. The number of hydrogen-bond donors (Lipinski definition) is 0. The first-order chi connectivity index (χ1) is 7.99. The van der Waals surface area contributed by atoms with Crippen LogP contribution in [0.1, 0.15) is 38.6 Å². The van der Waals surface area contributed by atoms with E-state index in [0.717, 1.165) is 35.8 Å². The molecule has 0 spiro atoms. The minimum absolute atomic E-state index is 0.482. The largest absolute Gasteiger partial charge is 0.268 e. The molecule has 0 saturated heterocycles. The molecule has 1 atom stereocenters. The van der Waals surface area contributed by atoms with Gasteiger partial charge in [-0.3, -0.25) is 4.68 Å². The van der Waals surface area contributed by atoms with Crippen LogP contribution in [0.25, 0.3) is 0 Å². The van der Waals surface area contributed by atoms with Gasteiger partial charge in [0, 0.05) is 12.4 Å². The highest BCUT2D eigenvalue weighted by atomic mass is 35.5. The van der Waals surface area contributed by atoms with Gasteiger partial charge in [0.2, 0.25) is 0 Å². The second kappa shape index (κ2) is 6.65.